The van der Waals surface area contributed by atoms with Crippen molar-refractivity contribution in [2.45, 2.75) is 38.5 Å². The van der Waals surface area contributed by atoms with E-state index in [9.17, 15) is 4.79 Å². The highest BCUT2D eigenvalue weighted by Crippen LogP contribution is 2.38. The van der Waals surface area contributed by atoms with Gasteiger partial charge in [0.2, 0.25) is 0 Å². The Bertz CT molecular complexity index is 1010. The van der Waals surface area contributed by atoms with E-state index in [-0.39, 0.29) is 18.1 Å². The third-order valence-electron chi connectivity index (χ3n) is 6.02. The lowest BCUT2D eigenvalue weighted by atomic mass is 9.85. The summed E-state index contributed by atoms with van der Waals surface area (Å²) in [4.78, 5) is 18.5. The summed E-state index contributed by atoms with van der Waals surface area (Å²) in [6, 6.07) is 16.2. The molecule has 5 heteroatoms. The van der Waals surface area contributed by atoms with Crippen molar-refractivity contribution >= 4 is 28.5 Å². The molecular weight excluding hydrogens is 372 g/mol. The summed E-state index contributed by atoms with van der Waals surface area (Å²) >= 11 is 6.23. The minimum atomic E-state index is -0.386. The third-order valence-corrected chi connectivity index (χ3v) is 6.26. The van der Waals surface area contributed by atoms with Gasteiger partial charge in [0.1, 0.15) is 0 Å². The van der Waals surface area contributed by atoms with Gasteiger partial charge in [0.25, 0.3) is 0 Å². The second-order valence-electron chi connectivity index (χ2n) is 7.83. The van der Waals surface area contributed by atoms with E-state index in [2.05, 4.69) is 22.0 Å². The highest BCUT2D eigenvalue weighted by Gasteiger charge is 2.36. The van der Waals surface area contributed by atoms with Gasteiger partial charge in [-0.3, -0.25) is 9.69 Å². The highest BCUT2D eigenvalue weighted by molar-refractivity contribution is 6.31. The van der Waals surface area contributed by atoms with E-state index >= 15 is 0 Å². The molecule has 1 N–H and O–H groups in total. The summed E-state index contributed by atoms with van der Waals surface area (Å²) in [5.74, 6) is -0.0124. The topological polar surface area (TPSA) is 45.3 Å². The number of nitrogens with one attached hydrogen (secondary N) is 1. The van der Waals surface area contributed by atoms with Crippen LogP contribution in [0.1, 0.15) is 42.3 Å². The predicted molar refractivity (Wildman–Crippen MR) is 110 cm³/mol. The molecular formula is C23H23ClN2O2. The minimum absolute atomic E-state index is 0.0581. The van der Waals surface area contributed by atoms with Crippen LogP contribution in [0.4, 0.5) is 0 Å². The maximum absolute atomic E-state index is 12.7. The highest BCUT2D eigenvalue weighted by atomic mass is 35.5. The molecule has 2 aliphatic rings. The van der Waals surface area contributed by atoms with E-state index in [1.807, 2.05) is 36.4 Å². The fourth-order valence-corrected chi connectivity index (χ4v) is 4.41. The molecule has 0 spiro atoms. The van der Waals surface area contributed by atoms with Gasteiger partial charge in [-0.1, -0.05) is 48.4 Å². The monoisotopic (exact) mass is 394 g/mol. The summed E-state index contributed by atoms with van der Waals surface area (Å²) in [5, 5.41) is 1.86. The van der Waals surface area contributed by atoms with E-state index in [1.54, 1.807) is 0 Å². The summed E-state index contributed by atoms with van der Waals surface area (Å²) in [6.45, 7) is 1.59. The average molecular weight is 395 g/mol. The molecule has 0 saturated heterocycles. The van der Waals surface area contributed by atoms with Crippen LogP contribution in [-0.4, -0.2) is 22.4 Å². The lowest BCUT2D eigenvalue weighted by Gasteiger charge is -2.36. The van der Waals surface area contributed by atoms with Gasteiger partial charge in [0.15, 0.2) is 6.23 Å². The Kier molecular flexibility index (Phi) is 4.61. The quantitative estimate of drug-likeness (QED) is 0.617. The molecule has 4 nitrogen and oxygen atoms in total. The first-order valence-corrected chi connectivity index (χ1v) is 10.4. The van der Waals surface area contributed by atoms with Crippen molar-refractivity contribution in [3.8, 4) is 0 Å². The van der Waals surface area contributed by atoms with Crippen molar-refractivity contribution in [1.82, 2.24) is 9.88 Å². The van der Waals surface area contributed by atoms with Crippen molar-refractivity contribution in [2.75, 3.05) is 6.54 Å². The largest absolute Gasteiger partial charge is 0.440 e. The predicted octanol–water partition coefficient (Wildman–Crippen LogP) is 5.22. The summed E-state index contributed by atoms with van der Waals surface area (Å²) < 4.78 is 6.09. The number of rotatable bonds is 4. The second kappa shape index (κ2) is 7.26. The van der Waals surface area contributed by atoms with Gasteiger partial charge in [0.05, 0.1) is 11.6 Å². The molecule has 28 heavy (non-hydrogen) atoms. The van der Waals surface area contributed by atoms with Crippen molar-refractivity contribution in [1.29, 1.82) is 0 Å². The first kappa shape index (κ1) is 17.8. The van der Waals surface area contributed by atoms with Crippen LogP contribution >= 0.6 is 11.6 Å². The first-order chi connectivity index (χ1) is 13.7. The maximum atomic E-state index is 12.7. The van der Waals surface area contributed by atoms with E-state index < -0.39 is 0 Å². The number of hydrogen-bond acceptors (Lipinski definition) is 3. The molecule has 0 bridgehead atoms. The number of aromatic nitrogens is 1. The molecule has 2 aromatic carbocycles. The smallest absolute Gasteiger partial charge is 0.310 e. The second-order valence-corrected chi connectivity index (χ2v) is 8.27. The standard InChI is InChI=1S/C23H23ClN2O2/c24-17-9-10-20-19(13-17)18-11-12-26(14-15-5-2-1-3-6-15)22(21(18)25-20)28-23(27)16-7-4-8-16/h1-3,5-6,9-10,13,16,22,25H,4,7-8,11-12,14H2. The SMILES string of the molecule is O=C(OC1c2[nH]c3ccc(Cl)cc3c2CCN1Cc1ccccc1)C1CCC1. The average Bonchev–Trinajstić information content (AvgIpc) is 3.01. The first-order valence-electron chi connectivity index (χ1n) is 9.97. The molecule has 1 saturated carbocycles. The van der Waals surface area contributed by atoms with E-state index in [0.717, 1.165) is 60.4 Å². The van der Waals surface area contributed by atoms with E-state index in [0.29, 0.717) is 0 Å². The molecule has 0 amide bonds. The van der Waals surface area contributed by atoms with Gasteiger partial charge in [-0.2, -0.15) is 0 Å². The molecule has 1 atom stereocenters. The number of carbonyl (C=O) groups is 1. The Labute approximate surface area is 169 Å². The van der Waals surface area contributed by atoms with Crippen LogP contribution in [0.25, 0.3) is 10.9 Å². The molecule has 3 aromatic rings. The van der Waals surface area contributed by atoms with Gasteiger partial charge in [-0.05, 0) is 48.6 Å². The molecule has 1 aromatic heterocycles. The van der Waals surface area contributed by atoms with Gasteiger partial charge in [-0.15, -0.1) is 0 Å². The van der Waals surface area contributed by atoms with Crippen molar-refractivity contribution < 1.29 is 9.53 Å². The fourth-order valence-electron chi connectivity index (χ4n) is 4.24. The molecule has 144 valence electrons. The van der Waals surface area contributed by atoms with Gasteiger partial charge >= 0.3 is 5.97 Å². The Morgan fingerprint density at radius 2 is 2.00 bits per heavy atom. The number of esters is 1. The summed E-state index contributed by atoms with van der Waals surface area (Å²) in [5.41, 5.74) is 4.47. The van der Waals surface area contributed by atoms with Crippen LogP contribution in [0.5, 0.6) is 0 Å². The van der Waals surface area contributed by atoms with Crippen LogP contribution < -0.4 is 0 Å². The fraction of sp³-hybridized carbons (Fsp3) is 0.348. The summed E-state index contributed by atoms with van der Waals surface area (Å²) in [6.07, 6.45) is 3.52. The number of halogens is 1. The van der Waals surface area contributed by atoms with E-state index in [4.69, 9.17) is 16.3 Å². The molecule has 0 radical (unpaired) electrons. The van der Waals surface area contributed by atoms with Crippen LogP contribution in [0.2, 0.25) is 5.02 Å². The van der Waals surface area contributed by atoms with Crippen molar-refractivity contribution in [3.05, 3.63) is 70.4 Å². The lowest BCUT2D eigenvalue weighted by molar-refractivity contribution is -0.170. The van der Waals surface area contributed by atoms with Crippen LogP contribution in [-0.2, 0) is 22.5 Å². The third kappa shape index (κ3) is 3.21. The maximum Gasteiger partial charge on any atom is 0.310 e. The van der Waals surface area contributed by atoms with Crippen LogP contribution in [0.3, 0.4) is 0 Å². The Hall–Kier alpha value is -2.30. The number of carbonyl (C=O) groups excluding carboxylic acids is 1. The Morgan fingerprint density at radius 1 is 1.18 bits per heavy atom. The number of fused-ring (bicyclic) bond motifs is 3. The van der Waals surface area contributed by atoms with Crippen molar-refractivity contribution in [2.24, 2.45) is 5.92 Å². The van der Waals surface area contributed by atoms with Crippen LogP contribution in [0, 0.1) is 5.92 Å². The molecule has 1 aliphatic carbocycles. The zero-order valence-corrected chi connectivity index (χ0v) is 16.4. The van der Waals surface area contributed by atoms with Gasteiger partial charge in [0, 0.05) is 29.0 Å². The minimum Gasteiger partial charge on any atom is -0.440 e. The number of H-pyrrole nitrogens is 1. The molecule has 1 unspecified atom stereocenters. The number of nitrogens with zero attached hydrogens (tertiary/aromatic N) is 1. The normalized spacial score (nSPS) is 20.0. The summed E-state index contributed by atoms with van der Waals surface area (Å²) in [7, 11) is 0. The van der Waals surface area contributed by atoms with E-state index in [1.165, 1.54) is 11.1 Å². The number of ether oxygens (including phenoxy) is 1. The zero-order chi connectivity index (χ0) is 19.1. The number of hydrogen-bond donors (Lipinski definition) is 1. The molecule has 1 fully saturated rings. The molecule has 1 aliphatic heterocycles. The molecule has 5 rings (SSSR count). The lowest BCUT2D eigenvalue weighted by Crippen LogP contribution is -2.39. The Morgan fingerprint density at radius 3 is 2.75 bits per heavy atom. The van der Waals surface area contributed by atoms with Gasteiger partial charge in [-0.25, -0.2) is 0 Å². The Balaban J connectivity index is 1.51. The van der Waals surface area contributed by atoms with Crippen LogP contribution in [0.15, 0.2) is 48.5 Å². The number of benzene rings is 2. The zero-order valence-electron chi connectivity index (χ0n) is 15.7. The molecule has 2 heterocycles. The number of aromatic amines is 1. The van der Waals surface area contributed by atoms with Gasteiger partial charge < -0.3 is 9.72 Å². The van der Waals surface area contributed by atoms with Crippen molar-refractivity contribution in [3.63, 3.8) is 0 Å².